The lowest BCUT2D eigenvalue weighted by atomic mass is 10.3. The van der Waals surface area contributed by atoms with Gasteiger partial charge in [-0.3, -0.25) is 0 Å². The molecule has 0 atom stereocenters. The summed E-state index contributed by atoms with van der Waals surface area (Å²) >= 11 is 0. The van der Waals surface area contributed by atoms with E-state index in [0.29, 0.717) is 13.2 Å². The van der Waals surface area contributed by atoms with Crippen molar-refractivity contribution in [2.45, 2.75) is 20.3 Å². The maximum Gasteiger partial charge on any atom is 0.171 e. The summed E-state index contributed by atoms with van der Waals surface area (Å²) in [6, 6.07) is 3.84. The summed E-state index contributed by atoms with van der Waals surface area (Å²) in [5.74, 6) is 1.74. The maximum atomic E-state index is 5.61. The van der Waals surface area contributed by atoms with Crippen molar-refractivity contribution in [3.05, 3.63) is 18.3 Å². The van der Waals surface area contributed by atoms with Gasteiger partial charge in [0.15, 0.2) is 11.6 Å². The molecule has 0 aliphatic heterocycles. The smallest absolute Gasteiger partial charge is 0.171 e. The van der Waals surface area contributed by atoms with Crippen LogP contribution in [0.1, 0.15) is 20.3 Å². The van der Waals surface area contributed by atoms with E-state index in [4.69, 9.17) is 10.5 Å². The topological polar surface area (TPSA) is 51.4 Å². The molecule has 4 nitrogen and oxygen atoms in total. The highest BCUT2D eigenvalue weighted by atomic mass is 16.5. The molecule has 0 bridgehead atoms. The van der Waals surface area contributed by atoms with Gasteiger partial charge < -0.3 is 15.4 Å². The van der Waals surface area contributed by atoms with E-state index in [9.17, 15) is 0 Å². The predicted molar refractivity (Wildman–Crippen MR) is 67.0 cm³/mol. The molecular formula is C12H21N3O. The maximum absolute atomic E-state index is 5.61. The first-order valence-electron chi connectivity index (χ1n) is 5.86. The molecule has 0 amide bonds. The number of pyridine rings is 1. The largest absolute Gasteiger partial charge is 0.490 e. The molecule has 0 fully saturated rings. The number of hydrogen-bond donors (Lipinski definition) is 1. The van der Waals surface area contributed by atoms with Gasteiger partial charge in [0.2, 0.25) is 0 Å². The fraction of sp³-hybridized carbons (Fsp3) is 0.583. The molecular weight excluding hydrogens is 202 g/mol. The van der Waals surface area contributed by atoms with Crippen molar-refractivity contribution in [1.29, 1.82) is 0 Å². The highest BCUT2D eigenvalue weighted by Gasteiger charge is 2.11. The monoisotopic (exact) mass is 223 g/mol. The lowest BCUT2D eigenvalue weighted by Gasteiger charge is -2.24. The van der Waals surface area contributed by atoms with Crippen molar-refractivity contribution in [1.82, 2.24) is 4.98 Å². The van der Waals surface area contributed by atoms with Crippen molar-refractivity contribution in [3.63, 3.8) is 0 Å². The van der Waals surface area contributed by atoms with Crippen LogP contribution in [0.2, 0.25) is 0 Å². The first kappa shape index (κ1) is 12.8. The van der Waals surface area contributed by atoms with Gasteiger partial charge in [0, 0.05) is 25.8 Å². The van der Waals surface area contributed by atoms with Crippen LogP contribution in [0.5, 0.6) is 5.75 Å². The summed E-state index contributed by atoms with van der Waals surface area (Å²) in [7, 11) is 0. The standard InChI is InChI=1S/C12H21N3O/c1-3-9-15(10-7-13)12-11(16-4-2)6-5-8-14-12/h5-6,8H,3-4,7,9-10,13H2,1-2H3. The molecule has 0 spiro atoms. The lowest BCUT2D eigenvalue weighted by Crippen LogP contribution is -2.31. The number of anilines is 1. The Morgan fingerprint density at radius 3 is 2.81 bits per heavy atom. The Kier molecular flexibility index (Phi) is 5.64. The molecule has 1 aromatic heterocycles. The third kappa shape index (κ3) is 3.38. The lowest BCUT2D eigenvalue weighted by molar-refractivity contribution is 0.339. The molecule has 0 unspecified atom stereocenters. The number of nitrogens with two attached hydrogens (primary N) is 1. The zero-order chi connectivity index (χ0) is 11.8. The van der Waals surface area contributed by atoms with E-state index in [1.807, 2.05) is 19.1 Å². The molecule has 0 saturated heterocycles. The first-order chi connectivity index (χ1) is 7.83. The zero-order valence-electron chi connectivity index (χ0n) is 10.1. The average Bonchev–Trinajstić information content (AvgIpc) is 2.30. The molecule has 0 radical (unpaired) electrons. The summed E-state index contributed by atoms with van der Waals surface area (Å²) in [6.45, 7) is 7.17. The first-order valence-corrected chi connectivity index (χ1v) is 5.86. The van der Waals surface area contributed by atoms with Crippen molar-refractivity contribution in [2.24, 2.45) is 5.73 Å². The van der Waals surface area contributed by atoms with E-state index < -0.39 is 0 Å². The Morgan fingerprint density at radius 1 is 1.38 bits per heavy atom. The van der Waals surface area contributed by atoms with Gasteiger partial charge >= 0.3 is 0 Å². The molecule has 1 heterocycles. The van der Waals surface area contributed by atoms with E-state index in [0.717, 1.165) is 31.1 Å². The van der Waals surface area contributed by atoms with E-state index in [1.54, 1.807) is 6.20 Å². The van der Waals surface area contributed by atoms with E-state index in [-0.39, 0.29) is 0 Å². The number of rotatable bonds is 7. The molecule has 4 heteroatoms. The Morgan fingerprint density at radius 2 is 2.19 bits per heavy atom. The number of ether oxygens (including phenoxy) is 1. The van der Waals surface area contributed by atoms with Crippen molar-refractivity contribution >= 4 is 5.82 Å². The van der Waals surface area contributed by atoms with Crippen molar-refractivity contribution in [3.8, 4) is 5.75 Å². The SMILES string of the molecule is CCCN(CCN)c1ncccc1OCC. The van der Waals surface area contributed by atoms with Crippen LogP contribution in [0.25, 0.3) is 0 Å². The Bertz CT molecular complexity index is 298. The molecule has 0 aliphatic rings. The van der Waals surface area contributed by atoms with E-state index >= 15 is 0 Å². The number of hydrogen-bond acceptors (Lipinski definition) is 4. The number of aromatic nitrogens is 1. The van der Waals surface area contributed by atoms with Crippen LogP contribution in [-0.4, -0.2) is 31.2 Å². The fourth-order valence-corrected chi connectivity index (χ4v) is 1.64. The molecule has 0 aromatic carbocycles. The van der Waals surface area contributed by atoms with Crippen molar-refractivity contribution in [2.75, 3.05) is 31.1 Å². The minimum absolute atomic E-state index is 0.627. The Labute approximate surface area is 97.4 Å². The summed E-state index contributed by atoms with van der Waals surface area (Å²) in [6.07, 6.45) is 2.86. The Hall–Kier alpha value is -1.29. The third-order valence-corrected chi connectivity index (χ3v) is 2.24. The molecule has 0 aliphatic carbocycles. The van der Waals surface area contributed by atoms with Crippen LogP contribution in [0.15, 0.2) is 18.3 Å². The third-order valence-electron chi connectivity index (χ3n) is 2.24. The highest BCUT2D eigenvalue weighted by molar-refractivity contribution is 5.52. The second-order valence-corrected chi connectivity index (χ2v) is 3.53. The highest BCUT2D eigenvalue weighted by Crippen LogP contribution is 2.24. The van der Waals surface area contributed by atoms with Crippen LogP contribution in [-0.2, 0) is 0 Å². The van der Waals surface area contributed by atoms with Gasteiger partial charge in [-0.05, 0) is 25.5 Å². The minimum atomic E-state index is 0.627. The summed E-state index contributed by atoms with van der Waals surface area (Å²) < 4.78 is 5.57. The normalized spacial score (nSPS) is 10.2. The van der Waals surface area contributed by atoms with Gasteiger partial charge in [-0.1, -0.05) is 6.92 Å². The van der Waals surface area contributed by atoms with Gasteiger partial charge in [-0.15, -0.1) is 0 Å². The summed E-state index contributed by atoms with van der Waals surface area (Å²) in [5.41, 5.74) is 5.61. The molecule has 0 saturated carbocycles. The van der Waals surface area contributed by atoms with Crippen LogP contribution in [0.3, 0.4) is 0 Å². The predicted octanol–water partition coefficient (Wildman–Crippen LogP) is 1.66. The van der Waals surface area contributed by atoms with Crippen LogP contribution < -0.4 is 15.4 Å². The van der Waals surface area contributed by atoms with Gasteiger partial charge in [-0.2, -0.15) is 0 Å². The zero-order valence-corrected chi connectivity index (χ0v) is 10.1. The average molecular weight is 223 g/mol. The van der Waals surface area contributed by atoms with Gasteiger partial charge in [0.25, 0.3) is 0 Å². The fourth-order valence-electron chi connectivity index (χ4n) is 1.64. The molecule has 90 valence electrons. The summed E-state index contributed by atoms with van der Waals surface area (Å²) in [5, 5.41) is 0. The van der Waals surface area contributed by atoms with Crippen molar-refractivity contribution < 1.29 is 4.74 Å². The second kappa shape index (κ2) is 7.06. The van der Waals surface area contributed by atoms with Gasteiger partial charge in [0.05, 0.1) is 6.61 Å². The minimum Gasteiger partial charge on any atom is -0.490 e. The Balaban J connectivity index is 2.87. The van der Waals surface area contributed by atoms with Crippen LogP contribution in [0.4, 0.5) is 5.82 Å². The summed E-state index contributed by atoms with van der Waals surface area (Å²) in [4.78, 5) is 6.55. The van der Waals surface area contributed by atoms with E-state index in [2.05, 4.69) is 16.8 Å². The molecule has 1 aromatic rings. The molecule has 1 rings (SSSR count). The number of nitrogens with zero attached hydrogens (tertiary/aromatic N) is 2. The van der Waals surface area contributed by atoms with Gasteiger partial charge in [0.1, 0.15) is 0 Å². The van der Waals surface area contributed by atoms with Crippen LogP contribution >= 0.6 is 0 Å². The molecule has 16 heavy (non-hydrogen) atoms. The molecule has 2 N–H and O–H groups in total. The quantitative estimate of drug-likeness (QED) is 0.763. The van der Waals surface area contributed by atoms with Crippen LogP contribution in [0, 0.1) is 0 Å². The van der Waals surface area contributed by atoms with E-state index in [1.165, 1.54) is 0 Å². The van der Waals surface area contributed by atoms with Gasteiger partial charge in [-0.25, -0.2) is 4.98 Å². The second-order valence-electron chi connectivity index (χ2n) is 3.53.